The molecular formula is C14H27N5O6S. The summed E-state index contributed by atoms with van der Waals surface area (Å²) < 4.78 is 0. The Morgan fingerprint density at radius 2 is 1.69 bits per heavy atom. The second-order valence-electron chi connectivity index (χ2n) is 5.49. The maximum Gasteiger partial charge on any atom is 0.328 e. The molecule has 3 atom stereocenters. The van der Waals surface area contributed by atoms with E-state index in [1.807, 2.05) is 5.32 Å². The zero-order valence-corrected chi connectivity index (χ0v) is 15.2. The number of nitrogens with one attached hydrogen (secondary N) is 3. The van der Waals surface area contributed by atoms with Gasteiger partial charge in [-0.15, -0.1) is 0 Å². The third kappa shape index (κ3) is 9.56. The number of hydrogen-bond donors (Lipinski definition) is 8. The summed E-state index contributed by atoms with van der Waals surface area (Å²) in [6.45, 7) is -0.864. The van der Waals surface area contributed by atoms with Crippen LogP contribution in [-0.2, 0) is 19.2 Å². The van der Waals surface area contributed by atoms with Crippen LogP contribution in [0.2, 0.25) is 0 Å². The van der Waals surface area contributed by atoms with Crippen molar-refractivity contribution < 1.29 is 29.4 Å². The number of aliphatic hydroxyl groups excluding tert-OH is 1. The Morgan fingerprint density at radius 1 is 1.04 bits per heavy atom. The van der Waals surface area contributed by atoms with E-state index in [0.29, 0.717) is 25.8 Å². The lowest BCUT2D eigenvalue weighted by atomic mass is 10.1. The Kier molecular flexibility index (Phi) is 12.4. The average molecular weight is 393 g/mol. The topological polar surface area (TPSA) is 197 Å². The molecule has 11 nitrogen and oxygen atoms in total. The van der Waals surface area contributed by atoms with Crippen LogP contribution in [0.4, 0.5) is 0 Å². The van der Waals surface area contributed by atoms with E-state index in [-0.39, 0.29) is 5.75 Å². The number of nitrogens with two attached hydrogens (primary N) is 2. The quantitative estimate of drug-likeness (QED) is 0.117. The van der Waals surface area contributed by atoms with E-state index in [1.54, 1.807) is 0 Å². The highest BCUT2D eigenvalue weighted by Crippen LogP contribution is 2.02. The first kappa shape index (κ1) is 24.1. The van der Waals surface area contributed by atoms with Crippen molar-refractivity contribution in [3.8, 4) is 0 Å². The van der Waals surface area contributed by atoms with Gasteiger partial charge in [0.15, 0.2) is 0 Å². The molecule has 0 rings (SSSR count). The molecule has 0 aliphatic rings. The Morgan fingerprint density at radius 3 is 2.19 bits per heavy atom. The van der Waals surface area contributed by atoms with E-state index in [0.717, 1.165) is 0 Å². The number of unbranched alkanes of at least 4 members (excludes halogenated alkanes) is 1. The molecule has 0 spiro atoms. The molecule has 26 heavy (non-hydrogen) atoms. The summed E-state index contributed by atoms with van der Waals surface area (Å²) in [6, 6.07) is -3.26. The third-order valence-electron chi connectivity index (χ3n) is 3.35. The van der Waals surface area contributed by atoms with Gasteiger partial charge in [-0.25, -0.2) is 4.79 Å². The minimum absolute atomic E-state index is 0.100. The van der Waals surface area contributed by atoms with Gasteiger partial charge in [0.2, 0.25) is 17.7 Å². The predicted octanol–water partition coefficient (Wildman–Crippen LogP) is -3.46. The van der Waals surface area contributed by atoms with E-state index in [9.17, 15) is 19.2 Å². The highest BCUT2D eigenvalue weighted by molar-refractivity contribution is 7.80. The molecule has 0 aromatic carbocycles. The molecular weight excluding hydrogens is 366 g/mol. The van der Waals surface area contributed by atoms with Crippen molar-refractivity contribution in [1.82, 2.24) is 16.0 Å². The molecule has 0 radical (unpaired) electrons. The number of amides is 3. The number of carbonyl (C=O) groups is 4. The van der Waals surface area contributed by atoms with Gasteiger partial charge in [-0.1, -0.05) is 0 Å². The Hall–Kier alpha value is -1.89. The van der Waals surface area contributed by atoms with E-state index >= 15 is 0 Å². The second-order valence-corrected chi connectivity index (χ2v) is 5.86. The molecule has 0 aliphatic carbocycles. The molecule has 150 valence electrons. The lowest BCUT2D eigenvalue weighted by Crippen LogP contribution is -2.54. The van der Waals surface area contributed by atoms with Crippen LogP contribution in [0.25, 0.3) is 0 Å². The number of aliphatic hydroxyl groups is 1. The minimum Gasteiger partial charge on any atom is -0.480 e. The number of carbonyl (C=O) groups excluding carboxylic acids is 3. The second kappa shape index (κ2) is 13.3. The molecule has 0 saturated carbocycles. The van der Waals surface area contributed by atoms with Gasteiger partial charge in [-0.3, -0.25) is 14.4 Å². The summed E-state index contributed by atoms with van der Waals surface area (Å²) in [5.74, 6) is -3.27. The molecule has 0 aliphatic heterocycles. The normalized spacial score (nSPS) is 14.0. The number of carboxylic acid groups (broad SMARTS) is 1. The molecule has 0 aromatic rings. The lowest BCUT2D eigenvalue weighted by molar-refractivity contribution is -0.142. The van der Waals surface area contributed by atoms with Crippen LogP contribution in [0.15, 0.2) is 0 Å². The fourth-order valence-electron chi connectivity index (χ4n) is 1.84. The predicted molar refractivity (Wildman–Crippen MR) is 96.3 cm³/mol. The molecule has 3 amide bonds. The standard InChI is InChI=1S/C14H27N5O6S/c15-4-2-1-3-9(19-12(22)8(16)7-26)13(23)17-5-11(21)18-10(6-20)14(24)25/h8-10,20,26H,1-7,15-16H2,(H,17,23)(H,18,21)(H,19,22)(H,24,25). The van der Waals surface area contributed by atoms with Gasteiger partial charge in [-0.2, -0.15) is 12.6 Å². The van der Waals surface area contributed by atoms with Crippen LogP contribution in [0.5, 0.6) is 0 Å². The number of thiol groups is 1. The zero-order chi connectivity index (χ0) is 20.1. The largest absolute Gasteiger partial charge is 0.480 e. The van der Waals surface area contributed by atoms with Crippen LogP contribution < -0.4 is 27.4 Å². The van der Waals surface area contributed by atoms with Crippen molar-refractivity contribution in [3.05, 3.63) is 0 Å². The zero-order valence-electron chi connectivity index (χ0n) is 14.3. The Labute approximate surface area is 156 Å². The fraction of sp³-hybridized carbons (Fsp3) is 0.714. The van der Waals surface area contributed by atoms with Crippen LogP contribution in [-0.4, -0.2) is 77.5 Å². The summed E-state index contributed by atoms with van der Waals surface area (Å²) in [5.41, 5.74) is 11.0. The average Bonchev–Trinajstić information content (AvgIpc) is 2.62. The van der Waals surface area contributed by atoms with Crippen molar-refractivity contribution in [1.29, 1.82) is 0 Å². The van der Waals surface area contributed by atoms with Crippen molar-refractivity contribution in [2.45, 2.75) is 37.4 Å². The van der Waals surface area contributed by atoms with Crippen LogP contribution in [0.3, 0.4) is 0 Å². The minimum atomic E-state index is -1.46. The van der Waals surface area contributed by atoms with Gasteiger partial charge >= 0.3 is 5.97 Å². The number of aliphatic carboxylic acids is 1. The smallest absolute Gasteiger partial charge is 0.328 e. The molecule has 0 heterocycles. The van der Waals surface area contributed by atoms with Crippen molar-refractivity contribution in [3.63, 3.8) is 0 Å². The lowest BCUT2D eigenvalue weighted by Gasteiger charge is -2.20. The molecule has 0 saturated heterocycles. The Balaban J connectivity index is 4.67. The van der Waals surface area contributed by atoms with Gasteiger partial charge in [0.05, 0.1) is 19.2 Å². The van der Waals surface area contributed by atoms with E-state index in [1.165, 1.54) is 0 Å². The van der Waals surface area contributed by atoms with Gasteiger partial charge in [0.1, 0.15) is 12.1 Å². The van der Waals surface area contributed by atoms with Crippen molar-refractivity contribution >= 4 is 36.3 Å². The van der Waals surface area contributed by atoms with Gasteiger partial charge in [0, 0.05) is 5.75 Å². The highest BCUT2D eigenvalue weighted by Gasteiger charge is 2.24. The summed E-state index contributed by atoms with van der Waals surface area (Å²) in [7, 11) is 0. The first-order valence-electron chi connectivity index (χ1n) is 8.04. The molecule has 0 bridgehead atoms. The summed E-state index contributed by atoms with van der Waals surface area (Å²) in [5, 5.41) is 24.4. The van der Waals surface area contributed by atoms with Gasteiger partial charge < -0.3 is 37.6 Å². The molecule has 9 N–H and O–H groups in total. The van der Waals surface area contributed by atoms with Crippen LogP contribution >= 0.6 is 12.6 Å². The first-order valence-corrected chi connectivity index (χ1v) is 8.67. The van der Waals surface area contributed by atoms with Crippen molar-refractivity contribution in [2.75, 3.05) is 25.4 Å². The highest BCUT2D eigenvalue weighted by atomic mass is 32.1. The molecule has 12 heteroatoms. The molecule has 0 aromatic heterocycles. The summed E-state index contributed by atoms with van der Waals surface area (Å²) >= 11 is 3.92. The third-order valence-corrected chi connectivity index (χ3v) is 3.75. The van der Waals surface area contributed by atoms with Gasteiger partial charge in [0.25, 0.3) is 0 Å². The van der Waals surface area contributed by atoms with Crippen LogP contribution in [0, 0.1) is 0 Å². The number of rotatable bonds is 13. The van der Waals surface area contributed by atoms with E-state index in [2.05, 4.69) is 23.3 Å². The number of carboxylic acids is 1. The molecule has 0 fully saturated rings. The maximum atomic E-state index is 12.2. The fourth-order valence-corrected chi connectivity index (χ4v) is 2.01. The van der Waals surface area contributed by atoms with Gasteiger partial charge in [-0.05, 0) is 25.8 Å². The van der Waals surface area contributed by atoms with Crippen LogP contribution in [0.1, 0.15) is 19.3 Å². The summed E-state index contributed by atoms with van der Waals surface area (Å²) in [4.78, 5) is 46.5. The Bertz CT molecular complexity index is 492. The monoisotopic (exact) mass is 393 g/mol. The van der Waals surface area contributed by atoms with E-state index < -0.39 is 55.0 Å². The molecule has 3 unspecified atom stereocenters. The SMILES string of the molecule is NCCCCC(NC(=O)C(N)CS)C(=O)NCC(=O)NC(CO)C(=O)O. The van der Waals surface area contributed by atoms with Crippen molar-refractivity contribution in [2.24, 2.45) is 11.5 Å². The summed E-state index contributed by atoms with van der Waals surface area (Å²) in [6.07, 6.45) is 1.52. The number of hydrogen-bond acceptors (Lipinski definition) is 8. The maximum absolute atomic E-state index is 12.2. The first-order chi connectivity index (χ1) is 12.3. The van der Waals surface area contributed by atoms with E-state index in [4.69, 9.17) is 21.7 Å².